The number of carbonyl (C=O) groups excluding carboxylic acids is 1. The predicted molar refractivity (Wildman–Crippen MR) is 112 cm³/mol. The number of rotatable bonds is 6. The van der Waals surface area contributed by atoms with Gasteiger partial charge in [0, 0.05) is 15.7 Å². The first-order valence-electron chi connectivity index (χ1n) is 8.08. The van der Waals surface area contributed by atoms with Crippen molar-refractivity contribution in [1.82, 2.24) is 5.32 Å². The van der Waals surface area contributed by atoms with Crippen molar-refractivity contribution >= 4 is 48.9 Å². The molecule has 1 unspecified atom stereocenters. The smallest absolute Gasteiger partial charge is 0.271 e. The van der Waals surface area contributed by atoms with Gasteiger partial charge in [0.25, 0.3) is 15.9 Å². The lowest BCUT2D eigenvalue weighted by molar-refractivity contribution is 0.0940. The number of hydrogen-bond acceptors (Lipinski definition) is 4. The number of halogens is 1. The van der Waals surface area contributed by atoms with Crippen LogP contribution in [0.2, 0.25) is 0 Å². The molecule has 0 radical (unpaired) electrons. The van der Waals surface area contributed by atoms with E-state index >= 15 is 0 Å². The molecule has 27 heavy (non-hydrogen) atoms. The lowest BCUT2D eigenvalue weighted by Gasteiger charge is -2.15. The van der Waals surface area contributed by atoms with Gasteiger partial charge in [0.2, 0.25) is 0 Å². The Morgan fingerprint density at radius 2 is 1.85 bits per heavy atom. The van der Waals surface area contributed by atoms with Crippen LogP contribution in [0.1, 0.15) is 28.9 Å². The lowest BCUT2D eigenvalue weighted by Crippen LogP contribution is -2.26. The summed E-state index contributed by atoms with van der Waals surface area (Å²) in [5, 5.41) is 4.62. The van der Waals surface area contributed by atoms with Crippen LogP contribution in [-0.2, 0) is 10.0 Å². The first kappa shape index (κ1) is 19.6. The molecule has 2 aromatic carbocycles. The molecule has 2 N–H and O–H groups in total. The van der Waals surface area contributed by atoms with Gasteiger partial charge in [-0.05, 0) is 54.3 Å². The summed E-state index contributed by atoms with van der Waals surface area (Å²) in [5.74, 6) is -0.278. The summed E-state index contributed by atoms with van der Waals surface area (Å²) in [6.07, 6.45) is 0. The molecule has 3 rings (SSSR count). The zero-order valence-electron chi connectivity index (χ0n) is 14.3. The van der Waals surface area contributed by atoms with Crippen LogP contribution >= 0.6 is 27.3 Å². The lowest BCUT2D eigenvalue weighted by atomic mass is 10.1. The van der Waals surface area contributed by atoms with E-state index in [0.29, 0.717) is 11.3 Å². The van der Waals surface area contributed by atoms with Gasteiger partial charge >= 0.3 is 0 Å². The average molecular weight is 465 g/mol. The topological polar surface area (TPSA) is 75.3 Å². The summed E-state index contributed by atoms with van der Waals surface area (Å²) in [6.45, 7) is 1.89. The number of benzene rings is 2. The molecule has 0 aliphatic carbocycles. The highest BCUT2D eigenvalue weighted by Crippen LogP contribution is 2.22. The van der Waals surface area contributed by atoms with Crippen LogP contribution in [0, 0.1) is 0 Å². The van der Waals surface area contributed by atoms with Crippen LogP contribution in [-0.4, -0.2) is 14.3 Å². The van der Waals surface area contributed by atoms with E-state index in [1.165, 1.54) is 12.1 Å². The van der Waals surface area contributed by atoms with Crippen molar-refractivity contribution < 1.29 is 13.2 Å². The molecule has 1 aromatic heterocycles. The van der Waals surface area contributed by atoms with Gasteiger partial charge < -0.3 is 5.32 Å². The summed E-state index contributed by atoms with van der Waals surface area (Å²) in [7, 11) is -3.65. The number of carbonyl (C=O) groups is 1. The van der Waals surface area contributed by atoms with Gasteiger partial charge in [-0.25, -0.2) is 8.42 Å². The predicted octanol–water partition coefficient (Wildman–Crippen LogP) is 4.80. The standard InChI is InChI=1S/C19H17BrN2O3S2/c1-13(14-5-2-7-16(20)11-14)21-19(23)15-6-3-8-17(12-15)22-27(24,25)18-9-4-10-26-18/h2-13,22H,1H3,(H,21,23). The summed E-state index contributed by atoms with van der Waals surface area (Å²) in [5.41, 5.74) is 1.68. The quantitative estimate of drug-likeness (QED) is 0.549. The second-order valence-corrected chi connectivity index (χ2v) is 9.64. The van der Waals surface area contributed by atoms with E-state index in [9.17, 15) is 13.2 Å². The number of anilines is 1. The Morgan fingerprint density at radius 1 is 1.07 bits per heavy atom. The normalized spacial score (nSPS) is 12.4. The first-order valence-corrected chi connectivity index (χ1v) is 11.2. The van der Waals surface area contributed by atoms with E-state index in [0.717, 1.165) is 21.4 Å². The van der Waals surface area contributed by atoms with Crippen LogP contribution in [0.15, 0.2) is 74.7 Å². The highest BCUT2D eigenvalue weighted by atomic mass is 79.9. The fraction of sp³-hybridized carbons (Fsp3) is 0.105. The Bertz CT molecular complexity index is 1050. The van der Waals surface area contributed by atoms with Gasteiger partial charge in [-0.15, -0.1) is 11.3 Å². The third kappa shape index (κ3) is 4.97. The van der Waals surface area contributed by atoms with Crippen molar-refractivity contribution in [3.63, 3.8) is 0 Å². The fourth-order valence-corrected chi connectivity index (χ4v) is 4.94. The molecule has 140 valence electrons. The highest BCUT2D eigenvalue weighted by Gasteiger charge is 2.17. The molecule has 0 aliphatic heterocycles. The van der Waals surface area contributed by atoms with Gasteiger partial charge in [-0.1, -0.05) is 40.2 Å². The van der Waals surface area contributed by atoms with Gasteiger partial charge in [0.1, 0.15) is 4.21 Å². The summed E-state index contributed by atoms with van der Waals surface area (Å²) >= 11 is 4.55. The van der Waals surface area contributed by atoms with Crippen molar-refractivity contribution in [3.8, 4) is 0 Å². The minimum absolute atomic E-state index is 0.193. The molecular weight excluding hydrogens is 448 g/mol. The van der Waals surface area contributed by atoms with Crippen molar-refractivity contribution in [3.05, 3.63) is 81.6 Å². The van der Waals surface area contributed by atoms with Crippen molar-refractivity contribution in [2.75, 3.05) is 4.72 Å². The number of hydrogen-bond donors (Lipinski definition) is 2. The van der Waals surface area contributed by atoms with E-state index < -0.39 is 10.0 Å². The minimum atomic E-state index is -3.65. The zero-order valence-corrected chi connectivity index (χ0v) is 17.6. The highest BCUT2D eigenvalue weighted by molar-refractivity contribution is 9.10. The second kappa shape index (κ2) is 8.24. The largest absolute Gasteiger partial charge is 0.346 e. The van der Waals surface area contributed by atoms with Crippen molar-refractivity contribution in [1.29, 1.82) is 0 Å². The maximum absolute atomic E-state index is 12.6. The van der Waals surface area contributed by atoms with Crippen LogP contribution < -0.4 is 10.0 Å². The number of thiophene rings is 1. The van der Waals surface area contributed by atoms with E-state index in [2.05, 4.69) is 26.0 Å². The third-order valence-electron chi connectivity index (χ3n) is 3.83. The van der Waals surface area contributed by atoms with Crippen LogP contribution in [0.25, 0.3) is 0 Å². The molecule has 0 bridgehead atoms. The molecule has 0 aliphatic rings. The molecule has 5 nitrogen and oxygen atoms in total. The Kier molecular flexibility index (Phi) is 5.98. The maximum Gasteiger partial charge on any atom is 0.271 e. The van der Waals surface area contributed by atoms with E-state index in [4.69, 9.17) is 0 Å². The Hall–Kier alpha value is -2.16. The van der Waals surface area contributed by atoms with Gasteiger partial charge in [0.05, 0.1) is 6.04 Å². The third-order valence-corrected chi connectivity index (χ3v) is 7.11. The van der Waals surface area contributed by atoms with E-state index in [1.54, 1.807) is 29.6 Å². The fourth-order valence-electron chi connectivity index (χ4n) is 2.49. The van der Waals surface area contributed by atoms with Crippen LogP contribution in [0.3, 0.4) is 0 Å². The second-order valence-electron chi connectivity index (χ2n) is 5.87. The maximum atomic E-state index is 12.6. The molecule has 3 aromatic rings. The number of sulfonamides is 1. The molecule has 1 heterocycles. The summed E-state index contributed by atoms with van der Waals surface area (Å²) in [4.78, 5) is 12.6. The molecule has 1 atom stereocenters. The molecular formula is C19H17BrN2O3S2. The summed E-state index contributed by atoms with van der Waals surface area (Å²) in [6, 6.07) is 17.1. The molecule has 0 fully saturated rings. The Balaban J connectivity index is 1.74. The zero-order chi connectivity index (χ0) is 19.4. The van der Waals surface area contributed by atoms with E-state index in [-0.39, 0.29) is 16.2 Å². The average Bonchev–Trinajstić information content (AvgIpc) is 3.17. The first-order chi connectivity index (χ1) is 12.8. The van der Waals surface area contributed by atoms with Crippen LogP contribution in [0.4, 0.5) is 5.69 Å². The minimum Gasteiger partial charge on any atom is -0.346 e. The monoisotopic (exact) mass is 464 g/mol. The van der Waals surface area contributed by atoms with E-state index in [1.807, 2.05) is 31.2 Å². The van der Waals surface area contributed by atoms with Gasteiger partial charge in [-0.2, -0.15) is 0 Å². The molecule has 0 spiro atoms. The molecule has 0 saturated carbocycles. The Labute approximate surface area is 170 Å². The molecule has 8 heteroatoms. The number of nitrogens with one attached hydrogen (secondary N) is 2. The Morgan fingerprint density at radius 3 is 2.56 bits per heavy atom. The van der Waals surface area contributed by atoms with Gasteiger partial charge in [-0.3, -0.25) is 9.52 Å². The van der Waals surface area contributed by atoms with Crippen LogP contribution in [0.5, 0.6) is 0 Å². The SMILES string of the molecule is CC(NC(=O)c1cccc(NS(=O)(=O)c2cccs2)c1)c1cccc(Br)c1. The molecule has 0 saturated heterocycles. The van der Waals surface area contributed by atoms with Gasteiger partial charge in [0.15, 0.2) is 0 Å². The molecule has 1 amide bonds. The summed E-state index contributed by atoms with van der Waals surface area (Å²) < 4.78 is 28.3. The van der Waals surface area contributed by atoms with Crippen molar-refractivity contribution in [2.24, 2.45) is 0 Å². The van der Waals surface area contributed by atoms with Crippen molar-refractivity contribution in [2.45, 2.75) is 17.2 Å². The number of amides is 1.